The van der Waals surface area contributed by atoms with Crippen LogP contribution in [0.2, 0.25) is 0 Å². The number of nitrogens with one attached hydrogen (secondary N) is 2. The van der Waals surface area contributed by atoms with Crippen molar-refractivity contribution in [2.45, 2.75) is 31.8 Å². The fraction of sp³-hybridized carbons (Fsp3) is 0.462. The first kappa shape index (κ1) is 11.9. The summed E-state index contributed by atoms with van der Waals surface area (Å²) in [5, 5.41) is 15.3. The predicted molar refractivity (Wildman–Crippen MR) is 65.6 cm³/mol. The third-order valence-corrected chi connectivity index (χ3v) is 3.26. The lowest BCUT2D eigenvalue weighted by Gasteiger charge is -2.23. The summed E-state index contributed by atoms with van der Waals surface area (Å²) in [6, 6.07) is 6.86. The van der Waals surface area contributed by atoms with Gasteiger partial charge in [0.15, 0.2) is 0 Å². The Balaban J connectivity index is 1.89. The standard InChI is InChI=1S/C13H18N2O2/c1-13(7-2-8-15-13)12(17)14-9-10-3-5-11(16)6-4-10/h3-6,15-16H,2,7-9H2,1H3,(H,14,17). The number of phenolic OH excluding ortho intramolecular Hbond substituents is 1. The summed E-state index contributed by atoms with van der Waals surface area (Å²) in [5.41, 5.74) is 0.564. The van der Waals surface area contributed by atoms with E-state index in [4.69, 9.17) is 5.11 Å². The molecule has 1 unspecified atom stereocenters. The molecule has 1 amide bonds. The maximum Gasteiger partial charge on any atom is 0.240 e. The molecule has 0 aromatic heterocycles. The van der Waals surface area contributed by atoms with Gasteiger partial charge in [0.25, 0.3) is 0 Å². The molecule has 4 heteroatoms. The van der Waals surface area contributed by atoms with Gasteiger partial charge in [-0.15, -0.1) is 0 Å². The zero-order chi connectivity index (χ0) is 12.3. The van der Waals surface area contributed by atoms with Crippen molar-refractivity contribution in [3.05, 3.63) is 29.8 Å². The van der Waals surface area contributed by atoms with Crippen molar-refractivity contribution in [3.63, 3.8) is 0 Å². The minimum atomic E-state index is -0.420. The quantitative estimate of drug-likeness (QED) is 0.735. The number of carbonyl (C=O) groups excluding carboxylic acids is 1. The van der Waals surface area contributed by atoms with Crippen LogP contribution in [0, 0.1) is 0 Å². The van der Waals surface area contributed by atoms with Crippen molar-refractivity contribution in [1.29, 1.82) is 0 Å². The summed E-state index contributed by atoms with van der Waals surface area (Å²) in [5.74, 6) is 0.285. The van der Waals surface area contributed by atoms with Crippen LogP contribution in [0.4, 0.5) is 0 Å². The molecule has 0 spiro atoms. The van der Waals surface area contributed by atoms with Gasteiger partial charge in [0.05, 0.1) is 5.54 Å². The lowest BCUT2D eigenvalue weighted by atomic mass is 9.99. The van der Waals surface area contributed by atoms with Gasteiger partial charge >= 0.3 is 0 Å². The molecule has 1 aliphatic rings. The Hall–Kier alpha value is -1.55. The SMILES string of the molecule is CC1(C(=O)NCc2ccc(O)cc2)CCCN1. The Kier molecular flexibility index (Phi) is 3.33. The number of amides is 1. The van der Waals surface area contributed by atoms with Crippen LogP contribution in [0.25, 0.3) is 0 Å². The van der Waals surface area contributed by atoms with E-state index in [1.165, 1.54) is 0 Å². The van der Waals surface area contributed by atoms with E-state index in [0.717, 1.165) is 24.9 Å². The summed E-state index contributed by atoms with van der Waals surface area (Å²) in [4.78, 5) is 12.0. The number of hydrogen-bond donors (Lipinski definition) is 3. The summed E-state index contributed by atoms with van der Waals surface area (Å²) in [6.07, 6.45) is 1.93. The average Bonchev–Trinajstić information content (AvgIpc) is 2.76. The van der Waals surface area contributed by atoms with E-state index in [-0.39, 0.29) is 11.7 Å². The highest BCUT2D eigenvalue weighted by Gasteiger charge is 2.35. The number of carbonyl (C=O) groups is 1. The highest BCUT2D eigenvalue weighted by molar-refractivity contribution is 5.86. The molecular weight excluding hydrogens is 216 g/mol. The van der Waals surface area contributed by atoms with E-state index in [1.54, 1.807) is 24.3 Å². The van der Waals surface area contributed by atoms with Crippen LogP contribution in [-0.4, -0.2) is 23.1 Å². The molecule has 1 aromatic rings. The lowest BCUT2D eigenvalue weighted by Crippen LogP contribution is -2.50. The van der Waals surface area contributed by atoms with Gasteiger partial charge in [-0.3, -0.25) is 4.79 Å². The molecule has 0 aliphatic carbocycles. The molecule has 1 atom stereocenters. The smallest absolute Gasteiger partial charge is 0.240 e. The van der Waals surface area contributed by atoms with Crippen LogP contribution in [-0.2, 0) is 11.3 Å². The molecule has 17 heavy (non-hydrogen) atoms. The molecule has 2 rings (SSSR count). The predicted octanol–water partition coefficient (Wildman–Crippen LogP) is 1.15. The second-order valence-corrected chi connectivity index (χ2v) is 4.71. The normalized spacial score (nSPS) is 23.6. The molecule has 0 saturated carbocycles. The van der Waals surface area contributed by atoms with E-state index in [1.807, 2.05) is 6.92 Å². The first-order valence-corrected chi connectivity index (χ1v) is 5.91. The van der Waals surface area contributed by atoms with Gasteiger partial charge in [0.2, 0.25) is 5.91 Å². The van der Waals surface area contributed by atoms with Gasteiger partial charge in [-0.2, -0.15) is 0 Å². The van der Waals surface area contributed by atoms with Gasteiger partial charge < -0.3 is 15.7 Å². The van der Waals surface area contributed by atoms with Gasteiger partial charge in [-0.25, -0.2) is 0 Å². The van der Waals surface area contributed by atoms with Crippen molar-refractivity contribution < 1.29 is 9.90 Å². The highest BCUT2D eigenvalue weighted by atomic mass is 16.3. The van der Waals surface area contributed by atoms with Gasteiger partial charge in [0, 0.05) is 6.54 Å². The van der Waals surface area contributed by atoms with E-state index < -0.39 is 5.54 Å². The molecule has 0 radical (unpaired) electrons. The molecule has 1 heterocycles. The molecule has 0 bridgehead atoms. The molecule has 1 fully saturated rings. The zero-order valence-corrected chi connectivity index (χ0v) is 9.99. The Bertz CT molecular complexity index is 394. The third kappa shape index (κ3) is 2.77. The molecule has 1 saturated heterocycles. The Morgan fingerprint density at radius 2 is 2.18 bits per heavy atom. The highest BCUT2D eigenvalue weighted by Crippen LogP contribution is 2.18. The van der Waals surface area contributed by atoms with Gasteiger partial charge in [0.1, 0.15) is 5.75 Å². The van der Waals surface area contributed by atoms with Crippen molar-refractivity contribution in [2.24, 2.45) is 0 Å². The second kappa shape index (κ2) is 4.75. The number of hydrogen-bond acceptors (Lipinski definition) is 3. The van der Waals surface area contributed by atoms with E-state index in [0.29, 0.717) is 6.54 Å². The molecule has 1 aliphatic heterocycles. The first-order valence-electron chi connectivity index (χ1n) is 5.91. The topological polar surface area (TPSA) is 61.4 Å². The average molecular weight is 234 g/mol. The largest absolute Gasteiger partial charge is 0.508 e. The number of phenols is 1. The third-order valence-electron chi connectivity index (χ3n) is 3.26. The van der Waals surface area contributed by atoms with E-state index in [9.17, 15) is 4.79 Å². The van der Waals surface area contributed by atoms with Crippen molar-refractivity contribution >= 4 is 5.91 Å². The second-order valence-electron chi connectivity index (χ2n) is 4.71. The van der Waals surface area contributed by atoms with Crippen molar-refractivity contribution in [1.82, 2.24) is 10.6 Å². The molecule has 4 nitrogen and oxygen atoms in total. The van der Waals surface area contributed by atoms with E-state index >= 15 is 0 Å². The molecule has 92 valence electrons. The van der Waals surface area contributed by atoms with Crippen LogP contribution in [0.5, 0.6) is 5.75 Å². The van der Waals surface area contributed by atoms with Gasteiger partial charge in [-0.1, -0.05) is 12.1 Å². The van der Waals surface area contributed by atoms with E-state index in [2.05, 4.69) is 10.6 Å². The first-order chi connectivity index (χ1) is 8.10. The summed E-state index contributed by atoms with van der Waals surface area (Å²) in [6.45, 7) is 3.34. The maximum absolute atomic E-state index is 12.0. The maximum atomic E-state index is 12.0. The number of aromatic hydroxyl groups is 1. The van der Waals surface area contributed by atoms with Crippen molar-refractivity contribution in [2.75, 3.05) is 6.54 Å². The van der Waals surface area contributed by atoms with Gasteiger partial charge in [-0.05, 0) is 44.0 Å². The van der Waals surface area contributed by atoms with Crippen molar-refractivity contribution in [3.8, 4) is 5.75 Å². The summed E-state index contributed by atoms with van der Waals surface area (Å²) < 4.78 is 0. The van der Waals surface area contributed by atoms with Crippen LogP contribution >= 0.6 is 0 Å². The molecular formula is C13H18N2O2. The van der Waals surface area contributed by atoms with Crippen LogP contribution in [0.15, 0.2) is 24.3 Å². The Morgan fingerprint density at radius 3 is 2.76 bits per heavy atom. The van der Waals surface area contributed by atoms with Crippen LogP contribution in [0.3, 0.4) is 0 Å². The summed E-state index contributed by atoms with van der Waals surface area (Å²) in [7, 11) is 0. The van der Waals surface area contributed by atoms with Crippen LogP contribution in [0.1, 0.15) is 25.3 Å². The fourth-order valence-corrected chi connectivity index (χ4v) is 2.08. The molecule has 1 aromatic carbocycles. The monoisotopic (exact) mass is 234 g/mol. The Morgan fingerprint density at radius 1 is 1.47 bits per heavy atom. The number of rotatable bonds is 3. The number of benzene rings is 1. The molecule has 3 N–H and O–H groups in total. The minimum absolute atomic E-state index is 0.0445. The van der Waals surface area contributed by atoms with Crippen LogP contribution < -0.4 is 10.6 Å². The lowest BCUT2D eigenvalue weighted by molar-refractivity contribution is -0.126. The summed E-state index contributed by atoms with van der Waals surface area (Å²) >= 11 is 0. The minimum Gasteiger partial charge on any atom is -0.508 e. The fourth-order valence-electron chi connectivity index (χ4n) is 2.08. The Labute approximate surface area is 101 Å². The zero-order valence-electron chi connectivity index (χ0n) is 9.99.